The molecule has 5 aromatic carbocycles. The van der Waals surface area contributed by atoms with Crippen molar-refractivity contribution in [1.29, 1.82) is 10.5 Å². The fourth-order valence-corrected chi connectivity index (χ4v) is 4.49. The Morgan fingerprint density at radius 1 is 0.710 bits per heavy atom. The van der Waals surface area contributed by atoms with Gasteiger partial charge in [0.15, 0.2) is 0 Å². The number of rotatable bonds is 2. The zero-order chi connectivity index (χ0) is 21.9. The summed E-state index contributed by atoms with van der Waals surface area (Å²) in [6.07, 6.45) is 0. The van der Waals surface area contributed by atoms with Crippen LogP contribution in [0.5, 0.6) is 0 Å². The second-order valence-electron chi connectivity index (χ2n) is 7.08. The molecule has 0 amide bonds. The molecule has 0 aliphatic heterocycles. The van der Waals surface area contributed by atoms with Gasteiger partial charge in [0.25, 0.3) is 0 Å². The summed E-state index contributed by atoms with van der Waals surface area (Å²) in [4.78, 5) is 28.6. The SMILES string of the molecule is N#Cc1ccc2c3ccc(C(=O)ON)c4c(C#N)ccc(c5ccc(C(=O)O)c1c52)c43. The summed E-state index contributed by atoms with van der Waals surface area (Å²) in [5.74, 6) is 3.21. The fraction of sp³-hybridized carbons (Fsp3) is 0. The highest BCUT2D eigenvalue weighted by Crippen LogP contribution is 2.43. The van der Waals surface area contributed by atoms with Crippen molar-refractivity contribution in [3.63, 3.8) is 0 Å². The maximum atomic E-state index is 12.3. The smallest absolute Gasteiger partial charge is 0.357 e. The third kappa shape index (κ3) is 2.29. The number of nitrogens with two attached hydrogens (primary N) is 1. The lowest BCUT2D eigenvalue weighted by molar-refractivity contribution is 0.0505. The first kappa shape index (κ1) is 18.3. The standard InChI is InChI=1S/C24H11N3O4/c25-9-11-1-3-13-16-6-8-18(24(30)31-27)20-12(10-26)2-4-14(22(16)20)15-5-7-17(23(28)29)19(11)21(13)15/h1-8H,27H2,(H,28,29). The molecule has 0 atom stereocenters. The van der Waals surface area contributed by atoms with Gasteiger partial charge in [-0.15, -0.1) is 0 Å². The minimum absolute atomic E-state index is 0.0359. The van der Waals surface area contributed by atoms with E-state index in [0.29, 0.717) is 32.3 Å². The van der Waals surface area contributed by atoms with Crippen LogP contribution in [0.4, 0.5) is 0 Å². The number of carbonyl (C=O) groups is 2. The lowest BCUT2D eigenvalue weighted by Gasteiger charge is -2.17. The quantitative estimate of drug-likeness (QED) is 0.255. The second-order valence-corrected chi connectivity index (χ2v) is 7.08. The van der Waals surface area contributed by atoms with E-state index >= 15 is 0 Å². The zero-order valence-corrected chi connectivity index (χ0v) is 15.8. The van der Waals surface area contributed by atoms with E-state index in [-0.39, 0.29) is 22.3 Å². The highest BCUT2D eigenvalue weighted by molar-refractivity contribution is 6.36. The molecule has 7 heteroatoms. The topological polar surface area (TPSA) is 137 Å². The molecule has 0 spiro atoms. The predicted octanol–water partition coefficient (Wildman–Crippen LogP) is 4.21. The van der Waals surface area contributed by atoms with Crippen LogP contribution in [0.15, 0.2) is 48.5 Å². The molecular formula is C24H11N3O4. The van der Waals surface area contributed by atoms with Crippen molar-refractivity contribution in [2.24, 2.45) is 5.90 Å². The van der Waals surface area contributed by atoms with Gasteiger partial charge in [-0.05, 0) is 56.6 Å². The highest BCUT2D eigenvalue weighted by atomic mass is 16.7. The molecule has 0 saturated carbocycles. The lowest BCUT2D eigenvalue weighted by Crippen LogP contribution is -2.11. The number of carboxylic acids is 1. The van der Waals surface area contributed by atoms with E-state index in [1.54, 1.807) is 36.4 Å². The van der Waals surface area contributed by atoms with Crippen LogP contribution < -0.4 is 5.90 Å². The number of fused-ring (bicyclic) bond motifs is 2. The Hall–Kier alpha value is -4.72. The molecule has 0 aliphatic rings. The molecule has 3 N–H and O–H groups in total. The van der Waals surface area contributed by atoms with Gasteiger partial charge in [0.1, 0.15) is 0 Å². The van der Waals surface area contributed by atoms with Crippen molar-refractivity contribution in [3.05, 3.63) is 70.8 Å². The first-order valence-corrected chi connectivity index (χ1v) is 9.16. The predicted molar refractivity (Wildman–Crippen MR) is 114 cm³/mol. The summed E-state index contributed by atoms with van der Waals surface area (Å²) in [6.45, 7) is 0. The maximum absolute atomic E-state index is 12.3. The summed E-state index contributed by atoms with van der Waals surface area (Å²) in [5, 5.41) is 34.0. The molecule has 31 heavy (non-hydrogen) atoms. The van der Waals surface area contributed by atoms with Crippen molar-refractivity contribution >= 4 is 55.0 Å². The van der Waals surface area contributed by atoms with Crippen molar-refractivity contribution in [1.82, 2.24) is 0 Å². The fourth-order valence-electron chi connectivity index (χ4n) is 4.49. The molecule has 0 radical (unpaired) electrons. The van der Waals surface area contributed by atoms with Crippen molar-refractivity contribution in [2.45, 2.75) is 0 Å². The van der Waals surface area contributed by atoms with Gasteiger partial charge in [0.05, 0.1) is 34.4 Å². The summed E-state index contributed by atoms with van der Waals surface area (Å²) < 4.78 is 0. The normalized spacial score (nSPS) is 11.1. The van der Waals surface area contributed by atoms with Crippen molar-refractivity contribution in [2.75, 3.05) is 0 Å². The summed E-state index contributed by atoms with van der Waals surface area (Å²) in [6, 6.07) is 17.3. The molecule has 7 nitrogen and oxygen atoms in total. The Morgan fingerprint density at radius 3 is 1.55 bits per heavy atom. The number of aromatic carboxylic acids is 1. The first-order valence-electron chi connectivity index (χ1n) is 9.16. The Bertz CT molecular complexity index is 1670. The zero-order valence-electron chi connectivity index (χ0n) is 15.8. The largest absolute Gasteiger partial charge is 0.478 e. The van der Waals surface area contributed by atoms with Gasteiger partial charge in [-0.3, -0.25) is 0 Å². The molecule has 5 rings (SSSR count). The maximum Gasteiger partial charge on any atom is 0.357 e. The van der Waals surface area contributed by atoms with E-state index in [1.807, 2.05) is 0 Å². The molecular weight excluding hydrogens is 394 g/mol. The van der Waals surface area contributed by atoms with Crippen LogP contribution in [0.1, 0.15) is 31.8 Å². The van der Waals surface area contributed by atoms with Gasteiger partial charge in [-0.2, -0.15) is 16.4 Å². The third-order valence-electron chi connectivity index (χ3n) is 5.70. The van der Waals surface area contributed by atoms with E-state index < -0.39 is 11.9 Å². The monoisotopic (exact) mass is 405 g/mol. The minimum Gasteiger partial charge on any atom is -0.478 e. The summed E-state index contributed by atoms with van der Waals surface area (Å²) in [5.41, 5.74) is 0.745. The highest BCUT2D eigenvalue weighted by Gasteiger charge is 2.23. The van der Waals surface area contributed by atoms with Crippen molar-refractivity contribution < 1.29 is 19.5 Å². The Kier molecular flexibility index (Phi) is 3.78. The lowest BCUT2D eigenvalue weighted by atomic mass is 9.84. The molecule has 0 bridgehead atoms. The van der Waals surface area contributed by atoms with E-state index in [2.05, 4.69) is 17.0 Å². The van der Waals surface area contributed by atoms with Crippen LogP contribution >= 0.6 is 0 Å². The van der Waals surface area contributed by atoms with E-state index in [4.69, 9.17) is 5.90 Å². The average molecular weight is 405 g/mol. The minimum atomic E-state index is -1.13. The number of hydrogen-bond acceptors (Lipinski definition) is 6. The molecule has 0 aromatic heterocycles. The Morgan fingerprint density at radius 2 is 1.13 bits per heavy atom. The number of hydrogen-bond donors (Lipinski definition) is 2. The van der Waals surface area contributed by atoms with Gasteiger partial charge < -0.3 is 9.94 Å². The van der Waals surface area contributed by atoms with Gasteiger partial charge >= 0.3 is 11.9 Å². The number of benzene rings is 5. The summed E-state index contributed by atoms with van der Waals surface area (Å²) >= 11 is 0. The number of nitriles is 2. The summed E-state index contributed by atoms with van der Waals surface area (Å²) in [7, 11) is 0. The van der Waals surface area contributed by atoms with Crippen LogP contribution in [0.2, 0.25) is 0 Å². The molecule has 5 aromatic rings. The second kappa shape index (κ2) is 6.39. The van der Waals surface area contributed by atoms with Gasteiger partial charge in [-0.1, -0.05) is 24.3 Å². The first-order chi connectivity index (χ1) is 15.0. The molecule has 0 aliphatic carbocycles. The number of carbonyl (C=O) groups excluding carboxylic acids is 1. The Balaban J connectivity index is 2.15. The Labute approximate surface area is 174 Å². The van der Waals surface area contributed by atoms with E-state index in [0.717, 1.165) is 10.8 Å². The molecule has 0 saturated heterocycles. The van der Waals surface area contributed by atoms with Crippen LogP contribution in [0.25, 0.3) is 43.1 Å². The third-order valence-corrected chi connectivity index (χ3v) is 5.70. The van der Waals surface area contributed by atoms with Crippen LogP contribution in [0.3, 0.4) is 0 Å². The van der Waals surface area contributed by atoms with Crippen LogP contribution in [0, 0.1) is 22.7 Å². The molecule has 146 valence electrons. The average Bonchev–Trinajstić information content (AvgIpc) is 2.80. The number of nitrogens with zero attached hydrogens (tertiary/aromatic N) is 2. The van der Waals surface area contributed by atoms with E-state index in [1.165, 1.54) is 12.1 Å². The molecule has 0 unspecified atom stereocenters. The van der Waals surface area contributed by atoms with E-state index in [9.17, 15) is 25.2 Å². The van der Waals surface area contributed by atoms with Gasteiger partial charge in [0.2, 0.25) is 0 Å². The van der Waals surface area contributed by atoms with Gasteiger partial charge in [-0.25, -0.2) is 9.59 Å². The van der Waals surface area contributed by atoms with Crippen LogP contribution in [-0.4, -0.2) is 17.0 Å². The molecule has 0 fully saturated rings. The number of carboxylic acid groups (broad SMARTS) is 1. The van der Waals surface area contributed by atoms with Gasteiger partial charge in [0, 0.05) is 10.8 Å². The van der Waals surface area contributed by atoms with Crippen molar-refractivity contribution in [3.8, 4) is 12.1 Å². The van der Waals surface area contributed by atoms with Crippen LogP contribution in [-0.2, 0) is 4.84 Å². The molecule has 0 heterocycles.